The fourth-order valence-corrected chi connectivity index (χ4v) is 2.31. The van der Waals surface area contributed by atoms with Gasteiger partial charge >= 0.3 is 0 Å². The van der Waals surface area contributed by atoms with Crippen molar-refractivity contribution in [3.8, 4) is 6.07 Å². The Balaban J connectivity index is 2.14. The van der Waals surface area contributed by atoms with Gasteiger partial charge in [0.2, 0.25) is 0 Å². The molecule has 0 unspecified atom stereocenters. The number of nitrogens with zero attached hydrogens (tertiary/aromatic N) is 3. The van der Waals surface area contributed by atoms with Crippen LogP contribution in [-0.4, -0.2) is 15.3 Å². The molecule has 0 aliphatic rings. The summed E-state index contributed by atoms with van der Waals surface area (Å²) in [6.07, 6.45) is 7.01. The maximum atomic E-state index is 8.87. The Morgan fingerprint density at radius 2 is 2.25 bits per heavy atom. The molecule has 1 aromatic heterocycles. The third kappa shape index (κ3) is 4.28. The van der Waals surface area contributed by atoms with Crippen LogP contribution in [0.4, 0.5) is 0 Å². The van der Waals surface area contributed by atoms with E-state index >= 15 is 0 Å². The van der Waals surface area contributed by atoms with E-state index in [1.54, 1.807) is 11.8 Å². The first-order valence-electron chi connectivity index (χ1n) is 5.56. The second kappa shape index (κ2) is 5.95. The number of rotatable bonds is 6. The van der Waals surface area contributed by atoms with Crippen molar-refractivity contribution < 1.29 is 0 Å². The van der Waals surface area contributed by atoms with Crippen molar-refractivity contribution in [2.75, 3.05) is 5.75 Å². The highest BCUT2D eigenvalue weighted by Gasteiger charge is 2.15. The lowest BCUT2D eigenvalue weighted by Crippen LogP contribution is -2.07. The van der Waals surface area contributed by atoms with Crippen molar-refractivity contribution >= 4 is 11.8 Å². The van der Waals surface area contributed by atoms with Crippen LogP contribution in [0.3, 0.4) is 0 Å². The lowest BCUT2D eigenvalue weighted by atomic mass is 9.89. The Bertz CT molecular complexity index is 363. The van der Waals surface area contributed by atoms with Crippen LogP contribution in [-0.2, 0) is 7.05 Å². The van der Waals surface area contributed by atoms with Gasteiger partial charge in [-0.25, -0.2) is 4.98 Å². The number of hydrogen-bond acceptors (Lipinski definition) is 3. The van der Waals surface area contributed by atoms with E-state index in [0.29, 0.717) is 0 Å². The summed E-state index contributed by atoms with van der Waals surface area (Å²) >= 11 is 1.78. The minimum absolute atomic E-state index is 0.173. The van der Waals surface area contributed by atoms with Crippen LogP contribution < -0.4 is 0 Å². The zero-order chi connectivity index (χ0) is 12.0. The second-order valence-electron chi connectivity index (χ2n) is 4.62. The number of imidazole rings is 1. The number of thioether (sulfide) groups is 1. The molecule has 1 heterocycles. The first-order valence-corrected chi connectivity index (χ1v) is 6.55. The van der Waals surface area contributed by atoms with Gasteiger partial charge in [-0.1, -0.05) is 18.2 Å². The predicted molar refractivity (Wildman–Crippen MR) is 67.2 cm³/mol. The largest absolute Gasteiger partial charge is 0.329 e. The molecule has 0 aliphatic heterocycles. The normalized spacial score (nSPS) is 11.4. The molecule has 1 rings (SSSR count). The Morgan fingerprint density at radius 3 is 2.81 bits per heavy atom. The molecule has 0 aromatic carbocycles. The van der Waals surface area contributed by atoms with E-state index in [2.05, 4.69) is 11.1 Å². The summed E-state index contributed by atoms with van der Waals surface area (Å²) in [6, 6.07) is 2.33. The first kappa shape index (κ1) is 13.1. The molecule has 3 nitrogen and oxygen atoms in total. The molecule has 0 radical (unpaired) electrons. The smallest absolute Gasteiger partial charge is 0.167 e. The number of aryl methyl sites for hydroxylation is 1. The van der Waals surface area contributed by atoms with Crippen molar-refractivity contribution in [2.45, 2.75) is 38.3 Å². The highest BCUT2D eigenvalue weighted by Crippen LogP contribution is 2.23. The van der Waals surface area contributed by atoms with Crippen LogP contribution in [0, 0.1) is 16.7 Å². The van der Waals surface area contributed by atoms with Gasteiger partial charge < -0.3 is 4.57 Å². The topological polar surface area (TPSA) is 41.6 Å². The Hall–Kier alpha value is -0.950. The van der Waals surface area contributed by atoms with Gasteiger partial charge in [-0.05, 0) is 26.7 Å². The zero-order valence-electron chi connectivity index (χ0n) is 10.2. The van der Waals surface area contributed by atoms with Gasteiger partial charge in [0, 0.05) is 25.2 Å². The molecule has 0 saturated heterocycles. The third-order valence-electron chi connectivity index (χ3n) is 2.51. The lowest BCUT2D eigenvalue weighted by Gasteiger charge is -2.13. The molecule has 0 N–H and O–H groups in total. The van der Waals surface area contributed by atoms with Gasteiger partial charge in [0.25, 0.3) is 0 Å². The molecular formula is C12H19N3S. The van der Waals surface area contributed by atoms with E-state index in [1.807, 2.05) is 37.9 Å². The highest BCUT2D eigenvalue weighted by atomic mass is 32.2. The van der Waals surface area contributed by atoms with Gasteiger partial charge in [-0.15, -0.1) is 0 Å². The van der Waals surface area contributed by atoms with Crippen LogP contribution in [0.25, 0.3) is 0 Å². The molecule has 0 saturated carbocycles. The van der Waals surface area contributed by atoms with Crippen LogP contribution in [0.15, 0.2) is 17.6 Å². The number of aromatic nitrogens is 2. The number of nitriles is 1. The molecule has 0 amide bonds. The standard InChI is InChI=1S/C12H19N3S/c1-12(2,10-13)6-4-5-9-16-11-14-7-8-15(11)3/h7-8H,4-6,9H2,1-3H3. The van der Waals surface area contributed by atoms with E-state index < -0.39 is 0 Å². The fourth-order valence-electron chi connectivity index (χ4n) is 1.38. The van der Waals surface area contributed by atoms with Gasteiger partial charge in [-0.3, -0.25) is 0 Å². The summed E-state index contributed by atoms with van der Waals surface area (Å²) < 4.78 is 2.03. The molecule has 16 heavy (non-hydrogen) atoms. The molecule has 0 bridgehead atoms. The van der Waals surface area contributed by atoms with E-state index in [9.17, 15) is 0 Å². The third-order valence-corrected chi connectivity index (χ3v) is 3.65. The summed E-state index contributed by atoms with van der Waals surface area (Å²) in [7, 11) is 2.01. The maximum Gasteiger partial charge on any atom is 0.167 e. The average molecular weight is 237 g/mol. The van der Waals surface area contributed by atoms with E-state index in [-0.39, 0.29) is 5.41 Å². The summed E-state index contributed by atoms with van der Waals surface area (Å²) in [5.41, 5.74) is -0.173. The average Bonchev–Trinajstić information content (AvgIpc) is 2.64. The minimum atomic E-state index is -0.173. The monoisotopic (exact) mass is 237 g/mol. The number of unbranched alkanes of at least 4 members (excludes halogenated alkanes) is 1. The fraction of sp³-hybridized carbons (Fsp3) is 0.667. The maximum absolute atomic E-state index is 8.87. The molecule has 0 spiro atoms. The van der Waals surface area contributed by atoms with Gasteiger partial charge in [-0.2, -0.15) is 5.26 Å². The van der Waals surface area contributed by atoms with E-state index in [0.717, 1.165) is 30.2 Å². The van der Waals surface area contributed by atoms with E-state index in [1.165, 1.54) is 0 Å². The first-order chi connectivity index (χ1) is 7.55. The van der Waals surface area contributed by atoms with Gasteiger partial charge in [0.15, 0.2) is 5.16 Å². The molecule has 4 heteroatoms. The summed E-state index contributed by atoms with van der Waals surface area (Å²) in [6.45, 7) is 4.00. The van der Waals surface area contributed by atoms with Crippen LogP contribution in [0.2, 0.25) is 0 Å². The van der Waals surface area contributed by atoms with Crippen molar-refractivity contribution in [1.82, 2.24) is 9.55 Å². The van der Waals surface area contributed by atoms with Crippen molar-refractivity contribution in [3.05, 3.63) is 12.4 Å². The van der Waals surface area contributed by atoms with Gasteiger partial charge in [0.05, 0.1) is 11.5 Å². The minimum Gasteiger partial charge on any atom is -0.329 e. The van der Waals surface area contributed by atoms with E-state index in [4.69, 9.17) is 5.26 Å². The highest BCUT2D eigenvalue weighted by molar-refractivity contribution is 7.99. The van der Waals surface area contributed by atoms with Crippen LogP contribution in [0.5, 0.6) is 0 Å². The van der Waals surface area contributed by atoms with Gasteiger partial charge in [0.1, 0.15) is 0 Å². The van der Waals surface area contributed by atoms with Crippen molar-refractivity contribution in [1.29, 1.82) is 5.26 Å². The molecule has 0 aliphatic carbocycles. The summed E-state index contributed by atoms with van der Waals surface area (Å²) in [5, 5.41) is 9.94. The molecular weight excluding hydrogens is 218 g/mol. The Morgan fingerprint density at radius 1 is 1.50 bits per heavy atom. The second-order valence-corrected chi connectivity index (χ2v) is 5.68. The molecule has 0 fully saturated rings. The lowest BCUT2D eigenvalue weighted by molar-refractivity contribution is 0.433. The Labute approximate surface area is 102 Å². The molecule has 88 valence electrons. The summed E-state index contributed by atoms with van der Waals surface area (Å²) in [4.78, 5) is 4.25. The zero-order valence-corrected chi connectivity index (χ0v) is 11.0. The SMILES string of the molecule is Cn1ccnc1SCCCCC(C)(C)C#N. The predicted octanol–water partition coefficient (Wildman–Crippen LogP) is 3.23. The van der Waals surface area contributed by atoms with Crippen molar-refractivity contribution in [2.24, 2.45) is 12.5 Å². The Kier molecular flexibility index (Phi) is 4.88. The summed E-state index contributed by atoms with van der Waals surface area (Å²) in [5.74, 6) is 1.08. The molecule has 1 aromatic rings. The van der Waals surface area contributed by atoms with Crippen LogP contribution in [0.1, 0.15) is 33.1 Å². The quantitative estimate of drug-likeness (QED) is 0.563. The van der Waals surface area contributed by atoms with Crippen molar-refractivity contribution in [3.63, 3.8) is 0 Å². The number of hydrogen-bond donors (Lipinski definition) is 0. The molecule has 0 atom stereocenters. The van der Waals surface area contributed by atoms with Crippen LogP contribution >= 0.6 is 11.8 Å².